The molecule has 0 aromatic heterocycles. The molecule has 1 aromatic rings. The zero-order valence-electron chi connectivity index (χ0n) is 12.5. The average Bonchev–Trinajstić information content (AvgIpc) is 2.43. The first kappa shape index (κ1) is 15.2. The van der Waals surface area contributed by atoms with E-state index in [-0.39, 0.29) is 17.1 Å². The van der Waals surface area contributed by atoms with Crippen LogP contribution in [0.1, 0.15) is 49.7 Å². The molecule has 0 saturated heterocycles. The van der Waals surface area contributed by atoms with Gasteiger partial charge in [0.2, 0.25) is 0 Å². The first-order valence-corrected chi connectivity index (χ1v) is 7.50. The van der Waals surface area contributed by atoms with Gasteiger partial charge in [-0.3, -0.25) is 4.79 Å². The molecule has 20 heavy (non-hydrogen) atoms. The number of hydrogen-bond donors (Lipinski definition) is 1. The van der Waals surface area contributed by atoms with Crippen molar-refractivity contribution in [2.45, 2.75) is 57.4 Å². The summed E-state index contributed by atoms with van der Waals surface area (Å²) in [5, 5.41) is 3.38. The van der Waals surface area contributed by atoms with Crippen molar-refractivity contribution in [1.29, 1.82) is 0 Å². The van der Waals surface area contributed by atoms with Crippen LogP contribution in [0.2, 0.25) is 0 Å². The van der Waals surface area contributed by atoms with Gasteiger partial charge in [0.25, 0.3) is 0 Å². The van der Waals surface area contributed by atoms with E-state index in [0.717, 1.165) is 24.0 Å². The Morgan fingerprint density at radius 2 is 2.00 bits per heavy atom. The highest BCUT2D eigenvalue weighted by molar-refractivity contribution is 5.82. The Balaban J connectivity index is 2.00. The molecule has 110 valence electrons. The van der Waals surface area contributed by atoms with Crippen molar-refractivity contribution in [2.75, 3.05) is 7.05 Å². The molecule has 0 heterocycles. The molecule has 3 heteroatoms. The summed E-state index contributed by atoms with van der Waals surface area (Å²) >= 11 is 0. The highest BCUT2D eigenvalue weighted by atomic mass is 19.1. The molecule has 1 aliphatic carbocycles. The van der Waals surface area contributed by atoms with Crippen molar-refractivity contribution in [2.24, 2.45) is 0 Å². The maximum atomic E-state index is 13.1. The van der Waals surface area contributed by atoms with Crippen LogP contribution in [0, 0.1) is 12.7 Å². The lowest BCUT2D eigenvalue weighted by Crippen LogP contribution is -2.46. The van der Waals surface area contributed by atoms with Crippen LogP contribution >= 0.6 is 0 Å². The van der Waals surface area contributed by atoms with E-state index in [4.69, 9.17) is 0 Å². The summed E-state index contributed by atoms with van der Waals surface area (Å²) < 4.78 is 13.1. The smallest absolute Gasteiger partial charge is 0.139 e. The molecule has 0 aliphatic heterocycles. The number of carbonyl (C=O) groups is 1. The molecule has 0 radical (unpaired) electrons. The Kier molecular flexibility index (Phi) is 4.92. The Bertz CT molecular complexity index is 478. The van der Waals surface area contributed by atoms with Crippen molar-refractivity contribution >= 4 is 5.78 Å². The first-order valence-electron chi connectivity index (χ1n) is 7.50. The molecule has 1 aliphatic rings. The monoisotopic (exact) mass is 277 g/mol. The molecule has 2 nitrogen and oxygen atoms in total. The summed E-state index contributed by atoms with van der Waals surface area (Å²) in [6, 6.07) is 4.66. The normalized spacial score (nSPS) is 17.9. The lowest BCUT2D eigenvalue weighted by atomic mass is 9.77. The number of hydrogen-bond acceptors (Lipinski definition) is 2. The van der Waals surface area contributed by atoms with E-state index in [0.29, 0.717) is 12.8 Å². The summed E-state index contributed by atoms with van der Waals surface area (Å²) in [7, 11) is 1.96. The molecule has 0 amide bonds. The first-order chi connectivity index (χ1) is 9.54. The van der Waals surface area contributed by atoms with Crippen molar-refractivity contribution in [1.82, 2.24) is 5.32 Å². The van der Waals surface area contributed by atoms with Crippen LogP contribution in [0.4, 0.5) is 4.39 Å². The largest absolute Gasteiger partial charge is 0.314 e. The second-order valence-electron chi connectivity index (χ2n) is 6.05. The minimum Gasteiger partial charge on any atom is -0.314 e. The predicted molar refractivity (Wildman–Crippen MR) is 79.3 cm³/mol. The van der Waals surface area contributed by atoms with Gasteiger partial charge >= 0.3 is 0 Å². The molecule has 1 aromatic carbocycles. The summed E-state index contributed by atoms with van der Waals surface area (Å²) in [5.74, 6) is 0.00799. The van der Waals surface area contributed by atoms with Gasteiger partial charge in [0.05, 0.1) is 0 Å². The number of aryl methyl sites for hydroxylation is 1. The van der Waals surface area contributed by atoms with Crippen LogP contribution < -0.4 is 5.32 Å². The van der Waals surface area contributed by atoms with Crippen LogP contribution in [0.3, 0.4) is 0 Å². The average molecular weight is 277 g/mol. The van der Waals surface area contributed by atoms with Crippen LogP contribution in [0.5, 0.6) is 0 Å². The van der Waals surface area contributed by atoms with Crippen LogP contribution in [-0.4, -0.2) is 18.4 Å². The minimum atomic E-state index is -0.238. The highest BCUT2D eigenvalue weighted by Crippen LogP contribution is 2.31. The molecule has 2 rings (SSSR count). The van der Waals surface area contributed by atoms with E-state index in [1.165, 1.54) is 31.4 Å². The third-order valence-corrected chi connectivity index (χ3v) is 4.57. The second-order valence-corrected chi connectivity index (χ2v) is 6.05. The summed E-state index contributed by atoms with van der Waals surface area (Å²) in [4.78, 5) is 12.3. The molecule has 1 N–H and O–H groups in total. The lowest BCUT2D eigenvalue weighted by molar-refractivity contribution is -0.120. The molecule has 1 fully saturated rings. The van der Waals surface area contributed by atoms with Gasteiger partial charge in [-0.05, 0) is 50.1 Å². The quantitative estimate of drug-likeness (QED) is 0.891. The number of benzene rings is 1. The Morgan fingerprint density at radius 1 is 1.30 bits per heavy atom. The van der Waals surface area contributed by atoms with Crippen LogP contribution in [0.25, 0.3) is 0 Å². The van der Waals surface area contributed by atoms with Gasteiger partial charge in [0.1, 0.15) is 11.6 Å². The minimum absolute atomic E-state index is 0.0106. The summed E-state index contributed by atoms with van der Waals surface area (Å²) in [6.45, 7) is 1.86. The number of rotatable bonds is 5. The van der Waals surface area contributed by atoms with E-state index in [2.05, 4.69) is 5.32 Å². The Hall–Kier alpha value is -1.22. The third-order valence-electron chi connectivity index (χ3n) is 4.57. The van der Waals surface area contributed by atoms with Gasteiger partial charge in [-0.2, -0.15) is 0 Å². The van der Waals surface area contributed by atoms with Gasteiger partial charge in [0, 0.05) is 18.4 Å². The zero-order chi connectivity index (χ0) is 14.6. The number of ketones is 1. The van der Waals surface area contributed by atoms with Crippen molar-refractivity contribution in [3.8, 4) is 0 Å². The molecular weight excluding hydrogens is 253 g/mol. The molecule has 1 saturated carbocycles. The highest BCUT2D eigenvalue weighted by Gasteiger charge is 2.32. The third kappa shape index (κ3) is 3.66. The van der Waals surface area contributed by atoms with Gasteiger partial charge < -0.3 is 5.32 Å². The van der Waals surface area contributed by atoms with E-state index in [9.17, 15) is 9.18 Å². The van der Waals surface area contributed by atoms with Crippen LogP contribution in [0.15, 0.2) is 18.2 Å². The maximum Gasteiger partial charge on any atom is 0.139 e. The Morgan fingerprint density at radius 3 is 2.60 bits per heavy atom. The van der Waals surface area contributed by atoms with Gasteiger partial charge in [-0.25, -0.2) is 4.39 Å². The van der Waals surface area contributed by atoms with Crippen LogP contribution in [-0.2, 0) is 11.2 Å². The maximum absolute atomic E-state index is 13.1. The number of carbonyl (C=O) groups excluding carboxylic acids is 1. The number of Topliss-reactive ketones (excluding diaryl/α,β-unsaturated/α-hetero) is 1. The molecule has 0 atom stereocenters. The zero-order valence-corrected chi connectivity index (χ0v) is 12.5. The predicted octanol–water partition coefficient (Wildman–Crippen LogP) is 3.56. The van der Waals surface area contributed by atoms with Gasteiger partial charge in [0.15, 0.2) is 0 Å². The number of halogens is 1. The standard InChI is InChI=1S/C17H24FNO/c1-13-10-15(18)7-6-14(13)11-16(20)12-17(19-2)8-4-3-5-9-17/h6-7,10,19H,3-5,8-9,11-12H2,1-2H3. The van der Waals surface area contributed by atoms with E-state index >= 15 is 0 Å². The number of nitrogens with one attached hydrogen (secondary N) is 1. The van der Waals surface area contributed by atoms with Crippen molar-refractivity contribution < 1.29 is 9.18 Å². The molecular formula is C17H24FNO. The van der Waals surface area contributed by atoms with E-state index in [1.54, 1.807) is 6.07 Å². The van der Waals surface area contributed by atoms with E-state index < -0.39 is 0 Å². The topological polar surface area (TPSA) is 29.1 Å². The fourth-order valence-electron chi connectivity index (χ4n) is 3.25. The Labute approximate surface area is 120 Å². The lowest BCUT2D eigenvalue weighted by Gasteiger charge is -2.36. The molecule has 0 spiro atoms. The molecule has 0 bridgehead atoms. The van der Waals surface area contributed by atoms with E-state index in [1.807, 2.05) is 14.0 Å². The fraction of sp³-hybridized carbons (Fsp3) is 0.588. The second kappa shape index (κ2) is 6.49. The van der Waals surface area contributed by atoms with Crippen molar-refractivity contribution in [3.05, 3.63) is 35.1 Å². The van der Waals surface area contributed by atoms with Crippen molar-refractivity contribution in [3.63, 3.8) is 0 Å². The van der Waals surface area contributed by atoms with Gasteiger partial charge in [-0.15, -0.1) is 0 Å². The summed E-state index contributed by atoms with van der Waals surface area (Å²) in [6.07, 6.45) is 6.83. The summed E-state index contributed by atoms with van der Waals surface area (Å²) in [5.41, 5.74) is 1.79. The fourth-order valence-corrected chi connectivity index (χ4v) is 3.25. The SMILES string of the molecule is CNC1(CC(=O)Cc2ccc(F)cc2C)CCCCC1. The van der Waals surface area contributed by atoms with Gasteiger partial charge in [-0.1, -0.05) is 25.3 Å². The molecule has 0 unspecified atom stereocenters.